The Morgan fingerprint density at radius 2 is 1.55 bits per heavy atom. The van der Waals surface area contributed by atoms with Gasteiger partial charge in [-0.15, -0.1) is 0 Å². The van der Waals surface area contributed by atoms with E-state index in [-0.39, 0.29) is 23.8 Å². The van der Waals surface area contributed by atoms with Crippen LogP contribution in [0.25, 0.3) is 0 Å². The number of nitrogens with zero attached hydrogens (tertiary/aromatic N) is 2. The second kappa shape index (κ2) is 6.11. The maximum absolute atomic E-state index is 12.3. The predicted molar refractivity (Wildman–Crippen MR) is 69.0 cm³/mol. The van der Waals surface area contributed by atoms with Crippen LogP contribution in [0.2, 0.25) is 0 Å². The number of aliphatic carboxylic acids is 1. The first-order chi connectivity index (χ1) is 9.52. The molecule has 7 heteroatoms. The van der Waals surface area contributed by atoms with E-state index >= 15 is 0 Å². The predicted octanol–water partition coefficient (Wildman–Crippen LogP) is 0.398. The minimum atomic E-state index is -0.788. The highest BCUT2D eigenvalue weighted by Crippen LogP contribution is 2.22. The zero-order chi connectivity index (χ0) is 14.7. The van der Waals surface area contributed by atoms with Crippen molar-refractivity contribution in [3.8, 4) is 0 Å². The second-order valence-corrected chi connectivity index (χ2v) is 5.34. The zero-order valence-corrected chi connectivity index (χ0v) is 11.6. The van der Waals surface area contributed by atoms with Crippen molar-refractivity contribution in [2.24, 2.45) is 11.8 Å². The molecule has 0 spiro atoms. The summed E-state index contributed by atoms with van der Waals surface area (Å²) in [4.78, 5) is 37.9. The number of likely N-dealkylation sites (tertiary alicyclic amines) is 2. The molecule has 1 unspecified atom stereocenters. The Morgan fingerprint density at radius 1 is 1.00 bits per heavy atom. The number of methoxy groups -OCH3 is 1. The summed E-state index contributed by atoms with van der Waals surface area (Å²) < 4.78 is 4.69. The van der Waals surface area contributed by atoms with E-state index in [1.54, 1.807) is 9.80 Å². The maximum Gasteiger partial charge on any atom is 0.320 e. The van der Waals surface area contributed by atoms with E-state index in [1.807, 2.05) is 0 Å². The molecule has 0 aromatic carbocycles. The number of hydrogen-bond donors (Lipinski definition) is 1. The van der Waals surface area contributed by atoms with Crippen LogP contribution in [0.1, 0.15) is 19.3 Å². The van der Waals surface area contributed by atoms with Crippen LogP contribution in [0.4, 0.5) is 4.79 Å². The van der Waals surface area contributed by atoms with E-state index in [0.29, 0.717) is 45.4 Å². The number of piperidine rings is 1. The Morgan fingerprint density at radius 3 is 2.10 bits per heavy atom. The Bertz CT molecular complexity index is 404. The lowest BCUT2D eigenvalue weighted by atomic mass is 9.97. The molecule has 0 bridgehead atoms. The average molecular weight is 284 g/mol. The van der Waals surface area contributed by atoms with Gasteiger partial charge in [0.25, 0.3) is 0 Å². The molecular formula is C13H20N2O5. The molecule has 0 aromatic heterocycles. The van der Waals surface area contributed by atoms with Crippen LogP contribution in [-0.2, 0) is 14.3 Å². The normalized spacial score (nSPS) is 23.8. The van der Waals surface area contributed by atoms with Crippen molar-refractivity contribution in [3.05, 3.63) is 0 Å². The molecular weight excluding hydrogens is 264 g/mol. The summed E-state index contributed by atoms with van der Waals surface area (Å²) in [7, 11) is 1.35. The second-order valence-electron chi connectivity index (χ2n) is 5.34. The zero-order valence-electron chi connectivity index (χ0n) is 11.6. The van der Waals surface area contributed by atoms with Crippen LogP contribution >= 0.6 is 0 Å². The van der Waals surface area contributed by atoms with Crippen molar-refractivity contribution in [2.45, 2.75) is 19.3 Å². The van der Waals surface area contributed by atoms with E-state index in [0.717, 1.165) is 0 Å². The molecule has 2 amide bonds. The van der Waals surface area contributed by atoms with Gasteiger partial charge in [-0.3, -0.25) is 9.59 Å². The first-order valence-corrected chi connectivity index (χ1v) is 6.87. The topological polar surface area (TPSA) is 87.2 Å². The third-order valence-corrected chi connectivity index (χ3v) is 4.11. The van der Waals surface area contributed by atoms with Crippen molar-refractivity contribution in [1.29, 1.82) is 0 Å². The SMILES string of the molecule is COC(=O)C1CCN(C(=O)N2CCC(C(=O)O)CC2)C1. The molecule has 2 heterocycles. The third kappa shape index (κ3) is 3.02. The number of carboxylic acids is 1. The molecule has 2 aliphatic rings. The number of carbonyl (C=O) groups excluding carboxylic acids is 2. The van der Waals surface area contributed by atoms with Gasteiger partial charge in [0.1, 0.15) is 0 Å². The summed E-state index contributed by atoms with van der Waals surface area (Å²) in [5.41, 5.74) is 0. The standard InChI is InChI=1S/C13H20N2O5/c1-20-12(18)10-4-7-15(8-10)13(19)14-5-2-9(3-6-14)11(16)17/h9-10H,2-8H2,1H3,(H,16,17). The Balaban J connectivity index is 1.84. The molecule has 1 atom stereocenters. The molecule has 2 rings (SSSR count). The highest BCUT2D eigenvalue weighted by Gasteiger charge is 2.35. The minimum absolute atomic E-state index is 0.0970. The van der Waals surface area contributed by atoms with Crippen LogP contribution < -0.4 is 0 Å². The van der Waals surface area contributed by atoms with Crippen LogP contribution in [0.15, 0.2) is 0 Å². The number of hydrogen-bond acceptors (Lipinski definition) is 4. The molecule has 112 valence electrons. The van der Waals surface area contributed by atoms with Crippen LogP contribution in [0, 0.1) is 11.8 Å². The molecule has 0 aliphatic carbocycles. The van der Waals surface area contributed by atoms with Gasteiger partial charge in [-0.05, 0) is 19.3 Å². The lowest BCUT2D eigenvalue weighted by molar-refractivity contribution is -0.145. The number of urea groups is 1. The Kier molecular flexibility index (Phi) is 4.46. The number of rotatable bonds is 2. The van der Waals surface area contributed by atoms with Gasteiger partial charge in [0.2, 0.25) is 0 Å². The van der Waals surface area contributed by atoms with Crippen LogP contribution in [-0.4, -0.2) is 66.2 Å². The molecule has 20 heavy (non-hydrogen) atoms. The first-order valence-electron chi connectivity index (χ1n) is 6.87. The smallest absolute Gasteiger partial charge is 0.320 e. The molecule has 0 aromatic rings. The lowest BCUT2D eigenvalue weighted by Crippen LogP contribution is -2.46. The molecule has 2 saturated heterocycles. The van der Waals surface area contributed by atoms with E-state index in [9.17, 15) is 14.4 Å². The van der Waals surface area contributed by atoms with Gasteiger partial charge in [0.05, 0.1) is 18.9 Å². The lowest BCUT2D eigenvalue weighted by Gasteiger charge is -2.33. The van der Waals surface area contributed by atoms with Crippen molar-refractivity contribution in [2.75, 3.05) is 33.3 Å². The average Bonchev–Trinajstić information content (AvgIpc) is 2.95. The number of ether oxygens (including phenoxy) is 1. The van der Waals surface area contributed by atoms with Gasteiger partial charge in [-0.25, -0.2) is 4.79 Å². The van der Waals surface area contributed by atoms with E-state index in [4.69, 9.17) is 9.84 Å². The summed E-state index contributed by atoms with van der Waals surface area (Å²) in [6.45, 7) is 1.88. The third-order valence-electron chi connectivity index (χ3n) is 4.11. The summed E-state index contributed by atoms with van der Waals surface area (Å²) in [5.74, 6) is -1.64. The molecule has 2 aliphatic heterocycles. The van der Waals surface area contributed by atoms with Crippen LogP contribution in [0.5, 0.6) is 0 Å². The fourth-order valence-electron chi connectivity index (χ4n) is 2.81. The van der Waals surface area contributed by atoms with Gasteiger partial charge >= 0.3 is 18.0 Å². The van der Waals surface area contributed by atoms with E-state index in [2.05, 4.69) is 0 Å². The van der Waals surface area contributed by atoms with Crippen LogP contribution in [0.3, 0.4) is 0 Å². The van der Waals surface area contributed by atoms with Crippen molar-refractivity contribution < 1.29 is 24.2 Å². The quantitative estimate of drug-likeness (QED) is 0.742. The highest BCUT2D eigenvalue weighted by molar-refractivity contribution is 5.78. The molecule has 0 saturated carbocycles. The Hall–Kier alpha value is -1.79. The Labute approximate surface area is 117 Å². The number of amides is 2. The minimum Gasteiger partial charge on any atom is -0.481 e. The summed E-state index contributed by atoms with van der Waals surface area (Å²) >= 11 is 0. The largest absolute Gasteiger partial charge is 0.481 e. The van der Waals surface area contributed by atoms with E-state index < -0.39 is 5.97 Å². The molecule has 1 N–H and O–H groups in total. The van der Waals surface area contributed by atoms with Crippen molar-refractivity contribution in [1.82, 2.24) is 9.80 Å². The highest BCUT2D eigenvalue weighted by atomic mass is 16.5. The van der Waals surface area contributed by atoms with E-state index in [1.165, 1.54) is 7.11 Å². The monoisotopic (exact) mass is 284 g/mol. The fraction of sp³-hybridized carbons (Fsp3) is 0.769. The number of esters is 1. The maximum atomic E-state index is 12.3. The summed E-state index contributed by atoms with van der Waals surface area (Å²) in [6, 6.07) is -0.0970. The first kappa shape index (κ1) is 14.6. The van der Waals surface area contributed by atoms with Gasteiger partial charge in [0.15, 0.2) is 0 Å². The van der Waals surface area contributed by atoms with Gasteiger partial charge in [-0.1, -0.05) is 0 Å². The summed E-state index contributed by atoms with van der Waals surface area (Å²) in [5, 5.41) is 8.93. The number of carbonyl (C=O) groups is 3. The molecule has 7 nitrogen and oxygen atoms in total. The summed E-state index contributed by atoms with van der Waals surface area (Å²) in [6.07, 6.45) is 1.62. The van der Waals surface area contributed by atoms with Crippen molar-refractivity contribution in [3.63, 3.8) is 0 Å². The fourth-order valence-corrected chi connectivity index (χ4v) is 2.81. The number of carboxylic acid groups (broad SMARTS) is 1. The molecule has 0 radical (unpaired) electrons. The van der Waals surface area contributed by atoms with Crippen molar-refractivity contribution >= 4 is 18.0 Å². The van der Waals surface area contributed by atoms with Gasteiger partial charge in [-0.2, -0.15) is 0 Å². The van der Waals surface area contributed by atoms with Gasteiger partial charge in [0, 0.05) is 26.2 Å². The molecule has 2 fully saturated rings. The van der Waals surface area contributed by atoms with Gasteiger partial charge < -0.3 is 19.6 Å².